The molecule has 1 heterocycles. The molecular formula is C13H22N2O2. The predicted molar refractivity (Wildman–Crippen MR) is 66.7 cm³/mol. The van der Waals surface area contributed by atoms with Crippen LogP contribution in [0.2, 0.25) is 0 Å². The molecule has 1 N–H and O–H groups in total. The number of carbonyl (C=O) groups excluding carboxylic acids is 1. The molecule has 0 aromatic heterocycles. The van der Waals surface area contributed by atoms with Crippen LogP contribution in [-0.4, -0.2) is 35.7 Å². The summed E-state index contributed by atoms with van der Waals surface area (Å²) in [5.74, 6) is 0. The lowest BCUT2D eigenvalue weighted by atomic mass is 9.96. The quantitative estimate of drug-likeness (QED) is 0.704. The van der Waals surface area contributed by atoms with Crippen LogP contribution in [0, 0.1) is 0 Å². The number of piperazine rings is 1. The highest BCUT2D eigenvalue weighted by Gasteiger charge is 2.32. The molecule has 0 spiro atoms. The van der Waals surface area contributed by atoms with Gasteiger partial charge in [-0.3, -0.25) is 4.90 Å². The number of nitrogens with zero attached hydrogens (tertiary/aromatic N) is 1. The highest BCUT2D eigenvalue weighted by molar-refractivity contribution is 5.71. The van der Waals surface area contributed by atoms with E-state index in [1.54, 1.807) is 4.90 Å². The molecule has 0 aromatic carbocycles. The lowest BCUT2D eigenvalue weighted by Gasteiger charge is -2.39. The second kappa shape index (κ2) is 4.69. The summed E-state index contributed by atoms with van der Waals surface area (Å²) < 4.78 is 5.44. The van der Waals surface area contributed by atoms with Crippen LogP contribution in [0.1, 0.15) is 40.0 Å². The van der Waals surface area contributed by atoms with Gasteiger partial charge in [-0.2, -0.15) is 0 Å². The summed E-state index contributed by atoms with van der Waals surface area (Å²) in [7, 11) is 0. The van der Waals surface area contributed by atoms with Gasteiger partial charge in [0, 0.05) is 24.8 Å². The van der Waals surface area contributed by atoms with E-state index in [1.165, 1.54) is 6.42 Å². The predicted octanol–water partition coefficient (Wildman–Crippen LogP) is 2.26. The maximum Gasteiger partial charge on any atom is 0.414 e. The lowest BCUT2D eigenvalue weighted by Crippen LogP contribution is -2.52. The normalized spacial score (nSPS) is 25.0. The molecule has 4 nitrogen and oxygen atoms in total. The third-order valence-corrected chi connectivity index (χ3v) is 3.06. The minimum absolute atomic E-state index is 0.211. The van der Waals surface area contributed by atoms with E-state index in [0.29, 0.717) is 12.6 Å². The maximum absolute atomic E-state index is 12.1. The first-order chi connectivity index (χ1) is 7.97. The fourth-order valence-electron chi connectivity index (χ4n) is 2.36. The van der Waals surface area contributed by atoms with E-state index in [0.717, 1.165) is 25.1 Å². The Morgan fingerprint density at radius 3 is 3.00 bits per heavy atom. The number of nitrogens with one attached hydrogen (secondary N) is 1. The summed E-state index contributed by atoms with van der Waals surface area (Å²) in [6, 6.07) is 0.338. The topological polar surface area (TPSA) is 41.6 Å². The molecule has 0 bridgehead atoms. The van der Waals surface area contributed by atoms with Gasteiger partial charge in [-0.25, -0.2) is 4.79 Å². The fraction of sp³-hybridized carbons (Fsp3) is 0.769. The number of hydrogen-bond acceptors (Lipinski definition) is 3. The SMILES string of the molecule is CC(C)(C)OC(=O)N1CCNC2CCCC=C21. The van der Waals surface area contributed by atoms with E-state index in [-0.39, 0.29) is 6.09 Å². The molecule has 0 aromatic rings. The Hall–Kier alpha value is -1.03. The van der Waals surface area contributed by atoms with Gasteiger partial charge in [0.05, 0.1) is 0 Å². The van der Waals surface area contributed by atoms with E-state index in [2.05, 4.69) is 11.4 Å². The highest BCUT2D eigenvalue weighted by Crippen LogP contribution is 2.25. The standard InChI is InChI=1S/C13H22N2O2/c1-13(2,3)17-12(16)15-9-8-14-10-6-4-5-7-11(10)15/h7,10,14H,4-6,8-9H2,1-3H3. The summed E-state index contributed by atoms with van der Waals surface area (Å²) >= 11 is 0. The Bertz CT molecular complexity index is 331. The van der Waals surface area contributed by atoms with Crippen molar-refractivity contribution >= 4 is 6.09 Å². The zero-order valence-corrected chi connectivity index (χ0v) is 11.0. The van der Waals surface area contributed by atoms with Crippen molar-refractivity contribution in [1.29, 1.82) is 0 Å². The third kappa shape index (κ3) is 3.00. The van der Waals surface area contributed by atoms with Crippen LogP contribution in [0.15, 0.2) is 11.8 Å². The average molecular weight is 238 g/mol. The van der Waals surface area contributed by atoms with Gasteiger partial charge in [-0.15, -0.1) is 0 Å². The van der Waals surface area contributed by atoms with Crippen LogP contribution < -0.4 is 5.32 Å². The summed E-state index contributed by atoms with van der Waals surface area (Å²) in [6.45, 7) is 7.26. The minimum atomic E-state index is -0.424. The number of rotatable bonds is 0. The molecule has 1 aliphatic carbocycles. The average Bonchev–Trinajstić information content (AvgIpc) is 2.26. The Morgan fingerprint density at radius 2 is 2.29 bits per heavy atom. The Kier molecular flexibility index (Phi) is 3.43. The van der Waals surface area contributed by atoms with Gasteiger partial charge in [0.1, 0.15) is 5.60 Å². The molecular weight excluding hydrogens is 216 g/mol. The van der Waals surface area contributed by atoms with Crippen molar-refractivity contribution in [3.05, 3.63) is 11.8 Å². The first-order valence-electron chi connectivity index (χ1n) is 6.41. The van der Waals surface area contributed by atoms with Crippen LogP contribution in [0.3, 0.4) is 0 Å². The molecule has 1 fully saturated rings. The first-order valence-corrected chi connectivity index (χ1v) is 6.41. The van der Waals surface area contributed by atoms with Crippen molar-refractivity contribution in [2.45, 2.75) is 51.7 Å². The Labute approximate surface area is 103 Å². The first kappa shape index (κ1) is 12.4. The smallest absolute Gasteiger partial charge is 0.414 e. The number of amides is 1. The molecule has 17 heavy (non-hydrogen) atoms. The molecule has 4 heteroatoms. The summed E-state index contributed by atoms with van der Waals surface area (Å²) in [5, 5.41) is 3.45. The molecule has 1 aliphatic heterocycles. The molecule has 1 amide bonds. The summed E-state index contributed by atoms with van der Waals surface area (Å²) in [4.78, 5) is 13.9. The van der Waals surface area contributed by atoms with Crippen LogP contribution >= 0.6 is 0 Å². The molecule has 0 saturated carbocycles. The zero-order valence-electron chi connectivity index (χ0n) is 11.0. The van der Waals surface area contributed by atoms with Crippen molar-refractivity contribution in [1.82, 2.24) is 10.2 Å². The van der Waals surface area contributed by atoms with E-state index < -0.39 is 5.60 Å². The van der Waals surface area contributed by atoms with Crippen LogP contribution in [0.25, 0.3) is 0 Å². The molecule has 2 aliphatic rings. The molecule has 96 valence electrons. The van der Waals surface area contributed by atoms with Crippen LogP contribution in [-0.2, 0) is 4.74 Å². The Morgan fingerprint density at radius 1 is 1.53 bits per heavy atom. The van der Waals surface area contributed by atoms with E-state index in [1.807, 2.05) is 20.8 Å². The van der Waals surface area contributed by atoms with Crippen molar-refractivity contribution in [2.24, 2.45) is 0 Å². The van der Waals surface area contributed by atoms with Gasteiger partial charge in [0.2, 0.25) is 0 Å². The van der Waals surface area contributed by atoms with Crippen molar-refractivity contribution in [2.75, 3.05) is 13.1 Å². The molecule has 0 radical (unpaired) electrons. The molecule has 1 unspecified atom stereocenters. The van der Waals surface area contributed by atoms with Crippen molar-refractivity contribution in [3.63, 3.8) is 0 Å². The van der Waals surface area contributed by atoms with E-state index in [9.17, 15) is 4.79 Å². The maximum atomic E-state index is 12.1. The number of fused-ring (bicyclic) bond motifs is 1. The van der Waals surface area contributed by atoms with Gasteiger partial charge in [0.25, 0.3) is 0 Å². The lowest BCUT2D eigenvalue weighted by molar-refractivity contribution is 0.0270. The van der Waals surface area contributed by atoms with Gasteiger partial charge in [0.15, 0.2) is 0 Å². The van der Waals surface area contributed by atoms with Gasteiger partial charge < -0.3 is 10.1 Å². The number of allylic oxidation sites excluding steroid dienone is 1. The second-order valence-corrected chi connectivity index (χ2v) is 5.70. The van der Waals surface area contributed by atoms with Crippen molar-refractivity contribution in [3.8, 4) is 0 Å². The van der Waals surface area contributed by atoms with Gasteiger partial charge in [-0.05, 0) is 40.0 Å². The van der Waals surface area contributed by atoms with Gasteiger partial charge >= 0.3 is 6.09 Å². The molecule has 1 atom stereocenters. The fourth-order valence-corrected chi connectivity index (χ4v) is 2.36. The van der Waals surface area contributed by atoms with Crippen LogP contribution in [0.5, 0.6) is 0 Å². The largest absolute Gasteiger partial charge is 0.443 e. The van der Waals surface area contributed by atoms with Gasteiger partial charge in [-0.1, -0.05) is 6.08 Å². The number of carbonyl (C=O) groups is 1. The number of hydrogen-bond donors (Lipinski definition) is 1. The highest BCUT2D eigenvalue weighted by atomic mass is 16.6. The van der Waals surface area contributed by atoms with E-state index in [4.69, 9.17) is 4.74 Å². The zero-order chi connectivity index (χ0) is 12.5. The number of ether oxygens (including phenoxy) is 1. The summed E-state index contributed by atoms with van der Waals surface area (Å²) in [5.41, 5.74) is 0.684. The second-order valence-electron chi connectivity index (χ2n) is 5.70. The third-order valence-electron chi connectivity index (χ3n) is 3.06. The molecule has 1 saturated heterocycles. The Balaban J connectivity index is 2.09. The van der Waals surface area contributed by atoms with E-state index >= 15 is 0 Å². The van der Waals surface area contributed by atoms with Crippen LogP contribution in [0.4, 0.5) is 4.79 Å². The monoisotopic (exact) mass is 238 g/mol. The van der Waals surface area contributed by atoms with Crippen molar-refractivity contribution < 1.29 is 9.53 Å². The summed E-state index contributed by atoms with van der Waals surface area (Å²) in [6.07, 6.45) is 5.34. The minimum Gasteiger partial charge on any atom is -0.443 e. The molecule has 2 rings (SSSR count).